The van der Waals surface area contributed by atoms with Gasteiger partial charge in [0.1, 0.15) is 0 Å². The van der Waals surface area contributed by atoms with Crippen molar-refractivity contribution in [2.24, 2.45) is 17.3 Å². The third-order valence-corrected chi connectivity index (χ3v) is 3.73. The zero-order valence-corrected chi connectivity index (χ0v) is 8.47. The normalized spacial score (nSPS) is 45.8. The van der Waals surface area contributed by atoms with Crippen molar-refractivity contribution in [1.82, 2.24) is 0 Å². The van der Waals surface area contributed by atoms with Gasteiger partial charge in [-0.05, 0) is 30.1 Å². The molecule has 1 saturated heterocycles. The van der Waals surface area contributed by atoms with E-state index in [1.165, 1.54) is 19.3 Å². The first-order chi connectivity index (χ1) is 5.59. The van der Waals surface area contributed by atoms with Gasteiger partial charge in [0.2, 0.25) is 0 Å². The van der Waals surface area contributed by atoms with E-state index in [9.17, 15) is 0 Å². The van der Waals surface area contributed by atoms with Crippen molar-refractivity contribution in [2.75, 3.05) is 6.61 Å². The Bertz CT molecular complexity index is 174. The molecule has 0 aromatic heterocycles. The minimum atomic E-state index is 0.449. The lowest BCUT2D eigenvalue weighted by Crippen LogP contribution is -2.31. The highest BCUT2D eigenvalue weighted by molar-refractivity contribution is 4.93. The van der Waals surface area contributed by atoms with E-state index in [4.69, 9.17) is 4.74 Å². The van der Waals surface area contributed by atoms with Crippen LogP contribution in [0.15, 0.2) is 0 Å². The highest BCUT2D eigenvalue weighted by Gasteiger charge is 2.45. The van der Waals surface area contributed by atoms with Gasteiger partial charge in [-0.3, -0.25) is 0 Å². The molecule has 3 unspecified atom stereocenters. The summed E-state index contributed by atoms with van der Waals surface area (Å²) < 4.78 is 5.84. The van der Waals surface area contributed by atoms with Crippen LogP contribution in [0.25, 0.3) is 0 Å². The van der Waals surface area contributed by atoms with Crippen LogP contribution in [0.1, 0.15) is 40.0 Å². The lowest BCUT2D eigenvalue weighted by molar-refractivity contribution is 0.0493. The molecular weight excluding hydrogens is 148 g/mol. The molecule has 2 fully saturated rings. The molecule has 0 aromatic carbocycles. The monoisotopic (exact) mass is 168 g/mol. The van der Waals surface area contributed by atoms with Crippen molar-refractivity contribution in [3.63, 3.8) is 0 Å². The maximum Gasteiger partial charge on any atom is 0.0612 e. The molecule has 1 aliphatic carbocycles. The Morgan fingerprint density at radius 3 is 2.75 bits per heavy atom. The fourth-order valence-electron chi connectivity index (χ4n) is 2.84. The van der Waals surface area contributed by atoms with Crippen LogP contribution in [0.5, 0.6) is 0 Å². The summed E-state index contributed by atoms with van der Waals surface area (Å²) >= 11 is 0. The Morgan fingerprint density at radius 1 is 1.25 bits per heavy atom. The Labute approximate surface area is 75.5 Å². The first-order valence-electron chi connectivity index (χ1n) is 5.21. The van der Waals surface area contributed by atoms with Crippen LogP contribution in [0.4, 0.5) is 0 Å². The van der Waals surface area contributed by atoms with Crippen LogP contribution in [-0.4, -0.2) is 12.7 Å². The quantitative estimate of drug-likeness (QED) is 0.540. The van der Waals surface area contributed by atoms with E-state index >= 15 is 0 Å². The molecule has 2 rings (SSSR count). The molecule has 3 atom stereocenters. The summed E-state index contributed by atoms with van der Waals surface area (Å²) in [7, 11) is 0. The van der Waals surface area contributed by atoms with Gasteiger partial charge in [0.15, 0.2) is 0 Å². The maximum atomic E-state index is 5.84. The summed E-state index contributed by atoms with van der Waals surface area (Å²) in [5.41, 5.74) is 0.449. The second-order valence-corrected chi connectivity index (χ2v) is 5.36. The molecule has 0 amide bonds. The minimum Gasteiger partial charge on any atom is -0.377 e. The SMILES string of the molecule is CC1CCC2C(C1)OCC2(C)C. The number of ether oxygens (including phenoxy) is 1. The molecule has 0 spiro atoms. The summed E-state index contributed by atoms with van der Waals surface area (Å²) in [6.07, 6.45) is 4.68. The Balaban J connectivity index is 2.08. The number of hydrogen-bond donors (Lipinski definition) is 0. The van der Waals surface area contributed by atoms with Crippen LogP contribution in [-0.2, 0) is 4.74 Å². The standard InChI is InChI=1S/C11H20O/c1-8-4-5-9-10(6-8)12-7-11(9,2)3/h8-10H,4-7H2,1-3H3. The van der Waals surface area contributed by atoms with Crippen molar-refractivity contribution in [1.29, 1.82) is 0 Å². The number of rotatable bonds is 0. The molecular formula is C11H20O. The van der Waals surface area contributed by atoms with E-state index in [2.05, 4.69) is 20.8 Å². The second kappa shape index (κ2) is 2.73. The fourth-order valence-corrected chi connectivity index (χ4v) is 2.84. The fraction of sp³-hybridized carbons (Fsp3) is 1.00. The summed E-state index contributed by atoms with van der Waals surface area (Å²) in [5.74, 6) is 1.73. The predicted molar refractivity (Wildman–Crippen MR) is 50.0 cm³/mol. The Morgan fingerprint density at radius 2 is 2.00 bits per heavy atom. The summed E-state index contributed by atoms with van der Waals surface area (Å²) in [5, 5.41) is 0. The Hall–Kier alpha value is -0.0400. The van der Waals surface area contributed by atoms with E-state index in [0.29, 0.717) is 11.5 Å². The number of fused-ring (bicyclic) bond motifs is 1. The molecule has 1 aliphatic heterocycles. The van der Waals surface area contributed by atoms with Crippen molar-refractivity contribution in [3.8, 4) is 0 Å². The Kier molecular flexibility index (Phi) is 1.95. The van der Waals surface area contributed by atoms with E-state index in [0.717, 1.165) is 18.4 Å². The second-order valence-electron chi connectivity index (χ2n) is 5.36. The minimum absolute atomic E-state index is 0.449. The van der Waals surface area contributed by atoms with Crippen molar-refractivity contribution in [3.05, 3.63) is 0 Å². The third-order valence-electron chi connectivity index (χ3n) is 3.73. The summed E-state index contributed by atoms with van der Waals surface area (Å²) in [4.78, 5) is 0. The molecule has 0 radical (unpaired) electrons. The molecule has 2 aliphatic rings. The van der Waals surface area contributed by atoms with E-state index in [1.807, 2.05) is 0 Å². The molecule has 1 saturated carbocycles. The smallest absolute Gasteiger partial charge is 0.0612 e. The topological polar surface area (TPSA) is 9.23 Å². The van der Waals surface area contributed by atoms with Crippen LogP contribution < -0.4 is 0 Å². The van der Waals surface area contributed by atoms with E-state index in [1.54, 1.807) is 0 Å². The molecule has 1 heterocycles. The van der Waals surface area contributed by atoms with Gasteiger partial charge < -0.3 is 4.74 Å². The maximum absolute atomic E-state index is 5.84. The van der Waals surface area contributed by atoms with Crippen LogP contribution in [0.2, 0.25) is 0 Å². The van der Waals surface area contributed by atoms with Crippen molar-refractivity contribution in [2.45, 2.75) is 46.1 Å². The highest BCUT2D eigenvalue weighted by Crippen LogP contribution is 2.46. The van der Waals surface area contributed by atoms with Gasteiger partial charge in [-0.2, -0.15) is 0 Å². The number of hydrogen-bond acceptors (Lipinski definition) is 1. The molecule has 0 N–H and O–H groups in total. The average molecular weight is 168 g/mol. The van der Waals surface area contributed by atoms with Crippen molar-refractivity contribution >= 4 is 0 Å². The van der Waals surface area contributed by atoms with Gasteiger partial charge in [-0.15, -0.1) is 0 Å². The van der Waals surface area contributed by atoms with Gasteiger partial charge in [0, 0.05) is 0 Å². The van der Waals surface area contributed by atoms with Crippen LogP contribution >= 0.6 is 0 Å². The van der Waals surface area contributed by atoms with Gasteiger partial charge >= 0.3 is 0 Å². The largest absolute Gasteiger partial charge is 0.377 e. The van der Waals surface area contributed by atoms with Gasteiger partial charge in [0.05, 0.1) is 12.7 Å². The summed E-state index contributed by atoms with van der Waals surface area (Å²) in [6.45, 7) is 8.04. The van der Waals surface area contributed by atoms with Gasteiger partial charge in [-0.1, -0.05) is 27.2 Å². The molecule has 1 nitrogen and oxygen atoms in total. The van der Waals surface area contributed by atoms with Crippen LogP contribution in [0.3, 0.4) is 0 Å². The highest BCUT2D eigenvalue weighted by atomic mass is 16.5. The predicted octanol–water partition coefficient (Wildman–Crippen LogP) is 2.85. The summed E-state index contributed by atoms with van der Waals surface area (Å²) in [6, 6.07) is 0. The zero-order chi connectivity index (χ0) is 8.77. The molecule has 0 aromatic rings. The zero-order valence-electron chi connectivity index (χ0n) is 8.47. The first-order valence-corrected chi connectivity index (χ1v) is 5.21. The average Bonchev–Trinajstić information content (AvgIpc) is 2.27. The van der Waals surface area contributed by atoms with Gasteiger partial charge in [-0.25, -0.2) is 0 Å². The molecule has 0 bridgehead atoms. The van der Waals surface area contributed by atoms with E-state index in [-0.39, 0.29) is 0 Å². The van der Waals surface area contributed by atoms with Gasteiger partial charge in [0.25, 0.3) is 0 Å². The first kappa shape index (κ1) is 8.55. The molecule has 12 heavy (non-hydrogen) atoms. The lowest BCUT2D eigenvalue weighted by Gasteiger charge is -2.34. The van der Waals surface area contributed by atoms with Crippen molar-refractivity contribution < 1.29 is 4.74 Å². The van der Waals surface area contributed by atoms with E-state index < -0.39 is 0 Å². The molecule has 70 valence electrons. The van der Waals surface area contributed by atoms with Crippen LogP contribution in [0, 0.1) is 17.3 Å². The molecule has 1 heteroatoms. The lowest BCUT2D eigenvalue weighted by atomic mass is 9.70. The third kappa shape index (κ3) is 1.28.